The molecule has 2 saturated carbocycles. The maximum absolute atomic E-state index is 12.8. The Morgan fingerprint density at radius 1 is 0.970 bits per heavy atom. The summed E-state index contributed by atoms with van der Waals surface area (Å²) in [6, 6.07) is 16.3. The van der Waals surface area contributed by atoms with Gasteiger partial charge in [0.2, 0.25) is 5.91 Å². The summed E-state index contributed by atoms with van der Waals surface area (Å²) in [5.41, 5.74) is 3.70. The van der Waals surface area contributed by atoms with E-state index in [1.165, 1.54) is 0 Å². The number of alkyl carbamates (subject to hydrolysis) is 1. The SMILES string of the molecule is O=C(O)C[C@@H]1CC[C@H](NC(=O)C2(NC(=O)OCC3c4ccccc4-c4ccccc43)CC2)C1. The van der Waals surface area contributed by atoms with E-state index in [2.05, 4.69) is 34.9 Å². The molecule has 0 spiro atoms. The van der Waals surface area contributed by atoms with Gasteiger partial charge in [0.15, 0.2) is 0 Å². The summed E-state index contributed by atoms with van der Waals surface area (Å²) in [6.45, 7) is 0.205. The molecule has 3 aliphatic rings. The quantitative estimate of drug-likeness (QED) is 0.597. The second-order valence-electron chi connectivity index (χ2n) is 9.48. The fourth-order valence-corrected chi connectivity index (χ4v) is 5.33. The zero-order chi connectivity index (χ0) is 23.0. The van der Waals surface area contributed by atoms with Gasteiger partial charge in [-0.25, -0.2) is 4.79 Å². The van der Waals surface area contributed by atoms with Crippen LogP contribution in [0.4, 0.5) is 4.79 Å². The minimum atomic E-state index is -0.909. The van der Waals surface area contributed by atoms with Crippen LogP contribution in [0.1, 0.15) is 55.6 Å². The first-order valence-electron chi connectivity index (χ1n) is 11.6. The third-order valence-electron chi connectivity index (χ3n) is 7.21. The Bertz CT molecular complexity index is 1050. The van der Waals surface area contributed by atoms with Gasteiger partial charge in [-0.2, -0.15) is 0 Å². The molecule has 0 saturated heterocycles. The summed E-state index contributed by atoms with van der Waals surface area (Å²) >= 11 is 0. The Labute approximate surface area is 192 Å². The number of carbonyl (C=O) groups is 3. The molecular formula is C26H28N2O5. The van der Waals surface area contributed by atoms with Crippen LogP contribution in [0.15, 0.2) is 48.5 Å². The van der Waals surface area contributed by atoms with E-state index in [0.717, 1.165) is 35.1 Å². The summed E-state index contributed by atoms with van der Waals surface area (Å²) in [5, 5.41) is 14.8. The number of benzene rings is 2. The first-order chi connectivity index (χ1) is 15.9. The maximum Gasteiger partial charge on any atom is 0.408 e. The van der Waals surface area contributed by atoms with Gasteiger partial charge in [0, 0.05) is 18.4 Å². The van der Waals surface area contributed by atoms with E-state index >= 15 is 0 Å². The van der Waals surface area contributed by atoms with Gasteiger partial charge in [-0.05, 0) is 60.3 Å². The Hall–Kier alpha value is -3.35. The molecule has 2 aromatic rings. The molecule has 2 atom stereocenters. The van der Waals surface area contributed by atoms with E-state index in [0.29, 0.717) is 19.3 Å². The van der Waals surface area contributed by atoms with Gasteiger partial charge in [0.1, 0.15) is 12.1 Å². The lowest BCUT2D eigenvalue weighted by Gasteiger charge is -2.21. The van der Waals surface area contributed by atoms with Gasteiger partial charge in [0.05, 0.1) is 0 Å². The van der Waals surface area contributed by atoms with Crippen molar-refractivity contribution >= 4 is 18.0 Å². The first kappa shape index (κ1) is 21.5. The lowest BCUT2D eigenvalue weighted by Crippen LogP contribution is -2.51. The second-order valence-corrected chi connectivity index (χ2v) is 9.48. The van der Waals surface area contributed by atoms with Crippen molar-refractivity contribution in [2.24, 2.45) is 5.92 Å². The van der Waals surface area contributed by atoms with Crippen molar-refractivity contribution in [2.75, 3.05) is 6.61 Å². The molecule has 3 N–H and O–H groups in total. The normalized spacial score (nSPS) is 22.2. The first-order valence-corrected chi connectivity index (χ1v) is 11.6. The van der Waals surface area contributed by atoms with Crippen LogP contribution >= 0.6 is 0 Å². The zero-order valence-corrected chi connectivity index (χ0v) is 18.4. The highest BCUT2D eigenvalue weighted by atomic mass is 16.5. The topological polar surface area (TPSA) is 105 Å². The monoisotopic (exact) mass is 448 g/mol. The minimum Gasteiger partial charge on any atom is -0.481 e. The Morgan fingerprint density at radius 2 is 1.61 bits per heavy atom. The number of carboxylic acid groups (broad SMARTS) is 1. The van der Waals surface area contributed by atoms with Gasteiger partial charge >= 0.3 is 12.1 Å². The van der Waals surface area contributed by atoms with Crippen LogP contribution in [0, 0.1) is 5.92 Å². The largest absolute Gasteiger partial charge is 0.481 e. The summed E-state index contributed by atoms with van der Waals surface area (Å²) in [4.78, 5) is 36.4. The number of carbonyl (C=O) groups excluding carboxylic acids is 2. The lowest BCUT2D eigenvalue weighted by molar-refractivity contribution is -0.138. The zero-order valence-electron chi connectivity index (χ0n) is 18.4. The number of hydrogen-bond donors (Lipinski definition) is 3. The van der Waals surface area contributed by atoms with Crippen LogP contribution < -0.4 is 10.6 Å². The number of aliphatic carboxylic acids is 1. The summed E-state index contributed by atoms with van der Waals surface area (Å²) < 4.78 is 5.60. The molecule has 0 unspecified atom stereocenters. The fourth-order valence-electron chi connectivity index (χ4n) is 5.33. The number of ether oxygens (including phenoxy) is 1. The molecule has 172 valence electrons. The van der Waals surface area contributed by atoms with E-state index in [-0.39, 0.29) is 36.8 Å². The predicted octanol–water partition coefficient (Wildman–Crippen LogP) is 3.82. The van der Waals surface area contributed by atoms with E-state index in [1.807, 2.05) is 24.3 Å². The van der Waals surface area contributed by atoms with Gasteiger partial charge in [0.25, 0.3) is 0 Å². The van der Waals surface area contributed by atoms with E-state index in [4.69, 9.17) is 9.84 Å². The van der Waals surface area contributed by atoms with Crippen molar-refractivity contribution in [2.45, 2.75) is 56.0 Å². The van der Waals surface area contributed by atoms with Crippen LogP contribution in [0.3, 0.4) is 0 Å². The fraction of sp³-hybridized carbons (Fsp3) is 0.423. The third-order valence-corrected chi connectivity index (χ3v) is 7.21. The molecule has 0 bridgehead atoms. The molecule has 0 heterocycles. The van der Waals surface area contributed by atoms with Crippen molar-refractivity contribution in [3.05, 3.63) is 59.7 Å². The minimum absolute atomic E-state index is 0.0308. The average molecular weight is 449 g/mol. The number of nitrogens with one attached hydrogen (secondary N) is 2. The number of carboxylic acids is 1. The van der Waals surface area contributed by atoms with Crippen molar-refractivity contribution in [3.8, 4) is 11.1 Å². The second kappa shape index (κ2) is 8.54. The molecule has 2 amide bonds. The van der Waals surface area contributed by atoms with Crippen molar-refractivity contribution in [1.82, 2.24) is 10.6 Å². The molecule has 2 aromatic carbocycles. The summed E-state index contributed by atoms with van der Waals surface area (Å²) in [5.74, 6) is -0.936. The van der Waals surface area contributed by atoms with E-state index in [1.54, 1.807) is 0 Å². The van der Waals surface area contributed by atoms with Crippen LogP contribution in [0.25, 0.3) is 11.1 Å². The molecule has 7 nitrogen and oxygen atoms in total. The molecular weight excluding hydrogens is 420 g/mol. The summed E-state index contributed by atoms with van der Waals surface area (Å²) in [7, 11) is 0. The van der Waals surface area contributed by atoms with E-state index in [9.17, 15) is 14.4 Å². The van der Waals surface area contributed by atoms with Gasteiger partial charge in [-0.15, -0.1) is 0 Å². The molecule has 0 aliphatic heterocycles. The third kappa shape index (κ3) is 4.32. The summed E-state index contributed by atoms with van der Waals surface area (Å²) in [6.07, 6.45) is 2.94. The molecule has 0 aromatic heterocycles. The smallest absolute Gasteiger partial charge is 0.408 e. The van der Waals surface area contributed by atoms with Gasteiger partial charge in [-0.3, -0.25) is 9.59 Å². The van der Waals surface area contributed by atoms with Gasteiger partial charge in [-0.1, -0.05) is 48.5 Å². The Morgan fingerprint density at radius 3 is 2.21 bits per heavy atom. The van der Waals surface area contributed by atoms with E-state index < -0.39 is 17.6 Å². The molecule has 0 radical (unpaired) electrons. The highest BCUT2D eigenvalue weighted by Gasteiger charge is 2.52. The van der Waals surface area contributed by atoms with Crippen LogP contribution in [-0.4, -0.2) is 41.3 Å². The van der Waals surface area contributed by atoms with Crippen LogP contribution in [0.5, 0.6) is 0 Å². The van der Waals surface area contributed by atoms with Crippen molar-refractivity contribution in [3.63, 3.8) is 0 Å². The van der Waals surface area contributed by atoms with Crippen molar-refractivity contribution in [1.29, 1.82) is 0 Å². The lowest BCUT2D eigenvalue weighted by atomic mass is 9.98. The standard InChI is InChI=1S/C26H28N2O5/c29-23(30)14-16-9-10-17(13-16)27-24(31)26(11-12-26)28-25(32)33-15-22-20-7-3-1-5-18(20)19-6-2-4-8-21(19)22/h1-8,16-17,22H,9-15H2,(H,27,31)(H,28,32)(H,29,30)/t16-,17+/m1/s1. The maximum atomic E-state index is 12.8. The highest BCUT2D eigenvalue weighted by molar-refractivity contribution is 5.93. The molecule has 33 heavy (non-hydrogen) atoms. The van der Waals surface area contributed by atoms with Crippen molar-refractivity contribution < 1.29 is 24.2 Å². The number of fused-ring (bicyclic) bond motifs is 3. The van der Waals surface area contributed by atoms with Crippen LogP contribution in [0.2, 0.25) is 0 Å². The molecule has 7 heteroatoms. The van der Waals surface area contributed by atoms with Crippen LogP contribution in [-0.2, 0) is 14.3 Å². The molecule has 5 rings (SSSR count). The number of hydrogen-bond acceptors (Lipinski definition) is 4. The number of rotatable bonds is 7. The van der Waals surface area contributed by atoms with Gasteiger partial charge < -0.3 is 20.5 Å². The average Bonchev–Trinajstić information content (AvgIpc) is 3.34. The predicted molar refractivity (Wildman–Crippen MR) is 122 cm³/mol. The number of amides is 2. The molecule has 3 aliphatic carbocycles. The highest BCUT2D eigenvalue weighted by Crippen LogP contribution is 2.44. The molecule has 2 fully saturated rings. The Kier molecular flexibility index (Phi) is 5.56. The Balaban J connectivity index is 1.17.